The van der Waals surface area contributed by atoms with Gasteiger partial charge >= 0.3 is 6.09 Å². The number of hydrogen-bond acceptors (Lipinski definition) is 7. The van der Waals surface area contributed by atoms with Gasteiger partial charge in [-0.3, -0.25) is 9.52 Å². The van der Waals surface area contributed by atoms with Gasteiger partial charge in [0.1, 0.15) is 5.60 Å². The van der Waals surface area contributed by atoms with Gasteiger partial charge < -0.3 is 19.6 Å². The van der Waals surface area contributed by atoms with E-state index >= 15 is 0 Å². The molecule has 2 N–H and O–H groups in total. The molecule has 36 heavy (non-hydrogen) atoms. The molecule has 4 rings (SSSR count). The quantitative estimate of drug-likeness (QED) is 0.381. The Hall–Kier alpha value is -2.33. The molecule has 196 valence electrons. The first-order valence-electron chi connectivity index (χ1n) is 12.4. The molecule has 2 aromatic rings. The SMILES string of the molecule is CC(C)(C)OC(=O)N1CCCc2cc(N3CCCC3=O)ccc2C1.OCCNS/C=C/c1cccs1. The molecule has 0 unspecified atom stereocenters. The van der Waals surface area contributed by atoms with E-state index in [0.29, 0.717) is 26.1 Å². The molecule has 1 fully saturated rings. The van der Waals surface area contributed by atoms with E-state index in [4.69, 9.17) is 9.84 Å². The summed E-state index contributed by atoms with van der Waals surface area (Å²) in [4.78, 5) is 29.2. The van der Waals surface area contributed by atoms with Crippen molar-refractivity contribution in [1.82, 2.24) is 9.62 Å². The minimum Gasteiger partial charge on any atom is -0.444 e. The van der Waals surface area contributed by atoms with Crippen LogP contribution in [0.2, 0.25) is 0 Å². The van der Waals surface area contributed by atoms with Crippen LogP contribution in [0.4, 0.5) is 10.5 Å². The molecule has 7 nitrogen and oxygen atoms in total. The Morgan fingerprint density at radius 3 is 2.67 bits per heavy atom. The van der Waals surface area contributed by atoms with Crippen LogP contribution in [-0.4, -0.2) is 53.8 Å². The van der Waals surface area contributed by atoms with Crippen molar-refractivity contribution in [3.8, 4) is 0 Å². The molecule has 2 aliphatic heterocycles. The van der Waals surface area contributed by atoms with Crippen molar-refractivity contribution in [3.63, 3.8) is 0 Å². The molecule has 9 heteroatoms. The first kappa shape index (κ1) is 28.2. The Bertz CT molecular complexity index is 1020. The fourth-order valence-corrected chi connectivity index (χ4v) is 5.18. The number of ether oxygens (including phenoxy) is 1. The van der Waals surface area contributed by atoms with Gasteiger partial charge in [-0.25, -0.2) is 4.79 Å². The number of nitrogens with zero attached hydrogens (tertiary/aromatic N) is 2. The highest BCUT2D eigenvalue weighted by molar-refractivity contribution is 8.00. The molecule has 1 saturated heterocycles. The topological polar surface area (TPSA) is 82.1 Å². The van der Waals surface area contributed by atoms with Crippen LogP contribution in [0.1, 0.15) is 56.0 Å². The van der Waals surface area contributed by atoms with E-state index in [9.17, 15) is 9.59 Å². The Balaban J connectivity index is 0.000000253. The maximum Gasteiger partial charge on any atom is 0.410 e. The zero-order valence-electron chi connectivity index (χ0n) is 21.4. The van der Waals surface area contributed by atoms with Crippen LogP contribution < -0.4 is 9.62 Å². The number of aryl methyl sites for hydroxylation is 1. The van der Waals surface area contributed by atoms with Crippen molar-refractivity contribution in [2.75, 3.05) is 31.1 Å². The number of fused-ring (bicyclic) bond motifs is 1. The van der Waals surface area contributed by atoms with Crippen LogP contribution in [0.15, 0.2) is 41.1 Å². The van der Waals surface area contributed by atoms with Crippen molar-refractivity contribution in [3.05, 3.63) is 57.1 Å². The van der Waals surface area contributed by atoms with Crippen molar-refractivity contribution in [2.45, 2.75) is 58.6 Å². The largest absolute Gasteiger partial charge is 0.444 e. The first-order valence-corrected chi connectivity index (χ1v) is 14.1. The van der Waals surface area contributed by atoms with E-state index in [-0.39, 0.29) is 18.6 Å². The summed E-state index contributed by atoms with van der Waals surface area (Å²) in [7, 11) is 0. The van der Waals surface area contributed by atoms with Gasteiger partial charge in [0.25, 0.3) is 0 Å². The van der Waals surface area contributed by atoms with Crippen LogP contribution in [0.3, 0.4) is 0 Å². The van der Waals surface area contributed by atoms with Gasteiger partial charge in [0, 0.05) is 43.2 Å². The standard InChI is InChI=1S/C19H26N2O3.C8H11NOS2/c1-19(2,3)24-18(23)20-10-4-6-14-12-16(9-8-15(14)13-20)21-11-5-7-17(21)22;10-5-4-9-12-7-3-8-2-1-6-11-8/h8-9,12H,4-7,10-11,13H2,1-3H3;1-3,6-7,9-10H,4-5H2/b;7-3+. The number of carbonyl (C=O) groups is 2. The number of thiophene rings is 1. The minimum atomic E-state index is -0.480. The van der Waals surface area contributed by atoms with E-state index in [2.05, 4.69) is 22.9 Å². The van der Waals surface area contributed by atoms with E-state index in [1.807, 2.05) is 54.7 Å². The molecule has 1 aromatic carbocycles. The van der Waals surface area contributed by atoms with E-state index in [1.54, 1.807) is 16.2 Å². The van der Waals surface area contributed by atoms with Gasteiger partial charge in [-0.15, -0.1) is 11.3 Å². The summed E-state index contributed by atoms with van der Waals surface area (Å²) in [5.41, 5.74) is 2.89. The maximum absolute atomic E-state index is 12.3. The molecule has 0 radical (unpaired) electrons. The lowest BCUT2D eigenvalue weighted by atomic mass is 10.0. The highest BCUT2D eigenvalue weighted by Gasteiger charge is 2.26. The summed E-state index contributed by atoms with van der Waals surface area (Å²) >= 11 is 3.20. The number of hydrogen-bond donors (Lipinski definition) is 2. The number of amides is 2. The molecule has 0 aliphatic carbocycles. The average molecular weight is 532 g/mol. The monoisotopic (exact) mass is 531 g/mol. The average Bonchev–Trinajstić information content (AvgIpc) is 3.45. The van der Waals surface area contributed by atoms with Gasteiger partial charge in [0.05, 0.1) is 6.61 Å². The second-order valence-electron chi connectivity index (χ2n) is 9.66. The molecule has 3 heterocycles. The number of nitrogens with one attached hydrogen (secondary N) is 1. The fourth-order valence-electron chi connectivity index (χ4n) is 3.96. The number of rotatable bonds is 6. The lowest BCUT2D eigenvalue weighted by Gasteiger charge is -2.26. The highest BCUT2D eigenvalue weighted by atomic mass is 32.2. The number of aliphatic hydroxyl groups excluding tert-OH is 1. The van der Waals surface area contributed by atoms with Gasteiger partial charge in [-0.05, 0) is 86.2 Å². The summed E-state index contributed by atoms with van der Waals surface area (Å²) < 4.78 is 8.48. The number of benzene rings is 1. The van der Waals surface area contributed by atoms with E-state index in [1.165, 1.54) is 22.4 Å². The molecule has 2 aliphatic rings. The summed E-state index contributed by atoms with van der Waals surface area (Å²) in [5.74, 6) is 0.207. The lowest BCUT2D eigenvalue weighted by molar-refractivity contribution is -0.117. The third-order valence-electron chi connectivity index (χ3n) is 5.60. The van der Waals surface area contributed by atoms with Crippen LogP contribution in [-0.2, 0) is 22.5 Å². The second kappa shape index (κ2) is 13.8. The zero-order chi connectivity index (χ0) is 26.0. The third kappa shape index (κ3) is 8.96. The number of carbonyl (C=O) groups excluding carboxylic acids is 2. The second-order valence-corrected chi connectivity index (χ2v) is 11.4. The Kier molecular flexibility index (Phi) is 10.9. The molecular formula is C27H37N3O4S2. The van der Waals surface area contributed by atoms with E-state index in [0.717, 1.165) is 37.1 Å². The van der Waals surface area contributed by atoms with Crippen LogP contribution in [0.25, 0.3) is 6.08 Å². The third-order valence-corrected chi connectivity index (χ3v) is 7.08. The van der Waals surface area contributed by atoms with Crippen LogP contribution in [0.5, 0.6) is 0 Å². The smallest absolute Gasteiger partial charge is 0.410 e. The van der Waals surface area contributed by atoms with Crippen LogP contribution >= 0.6 is 23.3 Å². The van der Waals surface area contributed by atoms with E-state index < -0.39 is 5.60 Å². The Labute approximate surface area is 222 Å². The van der Waals surface area contributed by atoms with Gasteiger partial charge in [0.2, 0.25) is 5.91 Å². The van der Waals surface area contributed by atoms with Crippen LogP contribution in [0, 0.1) is 0 Å². The number of anilines is 1. The van der Waals surface area contributed by atoms with Crippen molar-refractivity contribution < 1.29 is 19.4 Å². The van der Waals surface area contributed by atoms with Crippen molar-refractivity contribution >= 4 is 47.0 Å². The molecule has 2 amide bonds. The molecular weight excluding hydrogens is 494 g/mol. The van der Waals surface area contributed by atoms with Gasteiger partial charge in [-0.2, -0.15) is 0 Å². The molecule has 0 saturated carbocycles. The summed E-state index contributed by atoms with van der Waals surface area (Å²) in [6, 6.07) is 10.3. The Morgan fingerprint density at radius 2 is 2.00 bits per heavy atom. The molecule has 1 aromatic heterocycles. The molecule has 0 bridgehead atoms. The number of aliphatic hydroxyl groups is 1. The predicted octanol–water partition coefficient (Wildman–Crippen LogP) is 5.45. The lowest BCUT2D eigenvalue weighted by Crippen LogP contribution is -2.36. The highest BCUT2D eigenvalue weighted by Crippen LogP contribution is 2.28. The predicted molar refractivity (Wildman–Crippen MR) is 149 cm³/mol. The zero-order valence-corrected chi connectivity index (χ0v) is 23.0. The normalized spacial score (nSPS) is 15.9. The van der Waals surface area contributed by atoms with Gasteiger partial charge in [-0.1, -0.05) is 24.1 Å². The summed E-state index contributed by atoms with van der Waals surface area (Å²) in [6.45, 7) is 8.53. The van der Waals surface area contributed by atoms with Crippen molar-refractivity contribution in [1.29, 1.82) is 0 Å². The Morgan fingerprint density at radius 1 is 1.19 bits per heavy atom. The molecule has 0 spiro atoms. The first-order chi connectivity index (χ1) is 17.3. The summed E-state index contributed by atoms with van der Waals surface area (Å²) in [5, 5.41) is 12.5. The summed E-state index contributed by atoms with van der Waals surface area (Å²) in [6.07, 6.45) is 5.19. The minimum absolute atomic E-state index is 0.180. The van der Waals surface area contributed by atoms with Crippen molar-refractivity contribution in [2.24, 2.45) is 0 Å². The maximum atomic E-state index is 12.3. The molecule has 0 atom stereocenters. The fraction of sp³-hybridized carbons (Fsp3) is 0.481. The van der Waals surface area contributed by atoms with Gasteiger partial charge in [0.15, 0.2) is 0 Å².